The minimum absolute atomic E-state index is 0.110. The second-order valence-electron chi connectivity index (χ2n) is 6.43. The first-order valence-corrected chi connectivity index (χ1v) is 9.23. The molecule has 0 fully saturated rings. The summed E-state index contributed by atoms with van der Waals surface area (Å²) >= 11 is 0. The van der Waals surface area contributed by atoms with Gasteiger partial charge in [-0.3, -0.25) is 4.79 Å². The predicted octanol–water partition coefficient (Wildman–Crippen LogP) is 4.67. The van der Waals surface area contributed by atoms with Crippen molar-refractivity contribution < 1.29 is 23.7 Å². The van der Waals surface area contributed by atoms with Gasteiger partial charge in [0.2, 0.25) is 5.75 Å². The van der Waals surface area contributed by atoms with Gasteiger partial charge in [0, 0.05) is 0 Å². The first kappa shape index (κ1) is 20.3. The van der Waals surface area contributed by atoms with Crippen LogP contribution < -0.4 is 14.2 Å². The Hall–Kier alpha value is -3.47. The molecule has 0 saturated heterocycles. The molecule has 0 spiro atoms. The van der Waals surface area contributed by atoms with E-state index >= 15 is 0 Å². The summed E-state index contributed by atoms with van der Waals surface area (Å²) in [6.45, 7) is 0.221. The van der Waals surface area contributed by atoms with Crippen molar-refractivity contribution in [3.05, 3.63) is 77.9 Å². The Morgan fingerprint density at radius 3 is 1.86 bits per heavy atom. The standard InChI is InChI=1S/C24H24O5/c1-26-21-13-18(14-22(27-2)24(21)28-3)15-23(25)29-16-17-9-11-20(12-10-17)19-7-5-4-6-8-19/h4-14H,15-16H2,1-3H3. The molecule has 0 saturated carbocycles. The monoisotopic (exact) mass is 392 g/mol. The third kappa shape index (κ3) is 5.08. The Bertz CT molecular complexity index is 924. The molecule has 150 valence electrons. The molecular weight excluding hydrogens is 368 g/mol. The van der Waals surface area contributed by atoms with E-state index in [1.54, 1.807) is 26.4 Å². The van der Waals surface area contributed by atoms with Crippen molar-refractivity contribution in [1.82, 2.24) is 0 Å². The van der Waals surface area contributed by atoms with Crippen LogP contribution in [0.5, 0.6) is 17.2 Å². The summed E-state index contributed by atoms with van der Waals surface area (Å²) in [4.78, 5) is 12.3. The van der Waals surface area contributed by atoms with Gasteiger partial charge >= 0.3 is 5.97 Å². The second-order valence-corrected chi connectivity index (χ2v) is 6.43. The van der Waals surface area contributed by atoms with Crippen LogP contribution in [0.15, 0.2) is 66.7 Å². The molecule has 3 aromatic carbocycles. The molecular formula is C24H24O5. The quantitative estimate of drug-likeness (QED) is 0.522. The van der Waals surface area contributed by atoms with Crippen molar-refractivity contribution in [2.24, 2.45) is 0 Å². The summed E-state index contributed by atoms with van der Waals surface area (Å²) in [6, 6.07) is 21.6. The molecule has 3 rings (SSSR count). The minimum atomic E-state index is -0.327. The summed E-state index contributed by atoms with van der Waals surface area (Å²) in [5.74, 6) is 1.18. The molecule has 5 nitrogen and oxygen atoms in total. The zero-order valence-electron chi connectivity index (χ0n) is 16.8. The van der Waals surface area contributed by atoms with Gasteiger partial charge in [0.1, 0.15) is 6.61 Å². The number of carbonyl (C=O) groups excluding carboxylic acids is 1. The van der Waals surface area contributed by atoms with Gasteiger partial charge in [0.25, 0.3) is 0 Å². The van der Waals surface area contributed by atoms with Crippen LogP contribution in [-0.2, 0) is 22.6 Å². The number of carbonyl (C=O) groups is 1. The van der Waals surface area contributed by atoms with Crippen LogP contribution >= 0.6 is 0 Å². The number of rotatable bonds is 8. The number of esters is 1. The van der Waals surface area contributed by atoms with Crippen molar-refractivity contribution in [1.29, 1.82) is 0 Å². The summed E-state index contributed by atoms with van der Waals surface area (Å²) in [7, 11) is 4.62. The van der Waals surface area contributed by atoms with Gasteiger partial charge in [-0.05, 0) is 34.4 Å². The van der Waals surface area contributed by atoms with E-state index in [-0.39, 0.29) is 19.0 Å². The summed E-state index contributed by atoms with van der Waals surface area (Å²) in [5, 5.41) is 0. The third-order valence-electron chi connectivity index (χ3n) is 4.53. The van der Waals surface area contributed by atoms with Crippen molar-refractivity contribution >= 4 is 5.97 Å². The van der Waals surface area contributed by atoms with E-state index in [2.05, 4.69) is 12.1 Å². The van der Waals surface area contributed by atoms with Gasteiger partial charge in [-0.1, -0.05) is 54.6 Å². The highest BCUT2D eigenvalue weighted by Gasteiger charge is 2.15. The molecule has 0 aliphatic heterocycles. The average molecular weight is 392 g/mol. The Morgan fingerprint density at radius 2 is 1.31 bits per heavy atom. The molecule has 29 heavy (non-hydrogen) atoms. The zero-order chi connectivity index (χ0) is 20.6. The normalized spacial score (nSPS) is 10.3. The van der Waals surface area contributed by atoms with Crippen LogP contribution in [0.4, 0.5) is 0 Å². The maximum Gasteiger partial charge on any atom is 0.310 e. The lowest BCUT2D eigenvalue weighted by Gasteiger charge is -2.14. The van der Waals surface area contributed by atoms with E-state index in [1.807, 2.05) is 42.5 Å². The number of hydrogen-bond acceptors (Lipinski definition) is 5. The maximum absolute atomic E-state index is 12.3. The maximum atomic E-state index is 12.3. The van der Waals surface area contributed by atoms with E-state index in [0.717, 1.165) is 22.3 Å². The van der Waals surface area contributed by atoms with Crippen molar-refractivity contribution in [2.75, 3.05) is 21.3 Å². The topological polar surface area (TPSA) is 54.0 Å². The number of benzene rings is 3. The molecule has 0 radical (unpaired) electrons. The van der Waals surface area contributed by atoms with Gasteiger partial charge in [0.05, 0.1) is 27.8 Å². The smallest absolute Gasteiger partial charge is 0.310 e. The van der Waals surface area contributed by atoms with Crippen LogP contribution in [0.25, 0.3) is 11.1 Å². The van der Waals surface area contributed by atoms with Crippen LogP contribution in [0.2, 0.25) is 0 Å². The highest BCUT2D eigenvalue weighted by molar-refractivity contribution is 5.73. The first-order chi connectivity index (χ1) is 14.1. The Balaban J connectivity index is 1.61. The fourth-order valence-corrected chi connectivity index (χ4v) is 3.04. The summed E-state index contributed by atoms with van der Waals surface area (Å²) < 4.78 is 21.4. The molecule has 3 aromatic rings. The molecule has 0 amide bonds. The first-order valence-electron chi connectivity index (χ1n) is 9.23. The molecule has 0 N–H and O–H groups in total. The third-order valence-corrected chi connectivity index (χ3v) is 4.53. The van der Waals surface area contributed by atoms with E-state index in [1.165, 1.54) is 7.11 Å². The largest absolute Gasteiger partial charge is 0.493 e. The Kier molecular flexibility index (Phi) is 6.74. The fraction of sp³-hybridized carbons (Fsp3) is 0.208. The zero-order valence-corrected chi connectivity index (χ0v) is 16.8. The van der Waals surface area contributed by atoms with Crippen LogP contribution in [0, 0.1) is 0 Å². The van der Waals surface area contributed by atoms with E-state index in [0.29, 0.717) is 17.2 Å². The molecule has 0 aliphatic carbocycles. The molecule has 0 aromatic heterocycles. The lowest BCUT2D eigenvalue weighted by atomic mass is 10.0. The lowest BCUT2D eigenvalue weighted by Crippen LogP contribution is -2.08. The molecule has 0 heterocycles. The van der Waals surface area contributed by atoms with Crippen molar-refractivity contribution in [3.63, 3.8) is 0 Å². The molecule has 0 atom stereocenters. The van der Waals surface area contributed by atoms with Gasteiger partial charge in [-0.25, -0.2) is 0 Å². The average Bonchev–Trinajstić information content (AvgIpc) is 2.78. The van der Waals surface area contributed by atoms with Crippen molar-refractivity contribution in [2.45, 2.75) is 13.0 Å². The molecule has 0 unspecified atom stereocenters. The Morgan fingerprint density at radius 1 is 0.724 bits per heavy atom. The highest BCUT2D eigenvalue weighted by Crippen LogP contribution is 2.38. The Labute approximate surface area is 170 Å². The van der Waals surface area contributed by atoms with Gasteiger partial charge in [0.15, 0.2) is 11.5 Å². The van der Waals surface area contributed by atoms with E-state index in [9.17, 15) is 4.79 Å². The highest BCUT2D eigenvalue weighted by atomic mass is 16.5. The minimum Gasteiger partial charge on any atom is -0.493 e. The SMILES string of the molecule is COc1cc(CC(=O)OCc2ccc(-c3ccccc3)cc2)cc(OC)c1OC. The van der Waals surface area contributed by atoms with Gasteiger partial charge in [-0.2, -0.15) is 0 Å². The van der Waals surface area contributed by atoms with Gasteiger partial charge < -0.3 is 18.9 Å². The van der Waals surface area contributed by atoms with Crippen LogP contribution in [-0.4, -0.2) is 27.3 Å². The molecule has 5 heteroatoms. The fourth-order valence-electron chi connectivity index (χ4n) is 3.04. The van der Waals surface area contributed by atoms with Crippen molar-refractivity contribution in [3.8, 4) is 28.4 Å². The van der Waals surface area contributed by atoms with Gasteiger partial charge in [-0.15, -0.1) is 0 Å². The molecule has 0 aliphatic rings. The van der Waals surface area contributed by atoms with E-state index < -0.39 is 0 Å². The predicted molar refractivity (Wildman–Crippen MR) is 111 cm³/mol. The lowest BCUT2D eigenvalue weighted by molar-refractivity contribution is -0.144. The van der Waals surface area contributed by atoms with E-state index in [4.69, 9.17) is 18.9 Å². The second kappa shape index (κ2) is 9.64. The molecule has 0 bridgehead atoms. The van der Waals surface area contributed by atoms with Crippen LogP contribution in [0.1, 0.15) is 11.1 Å². The number of methoxy groups -OCH3 is 3. The number of ether oxygens (including phenoxy) is 4. The number of hydrogen-bond donors (Lipinski definition) is 0. The summed E-state index contributed by atoms with van der Waals surface area (Å²) in [6.07, 6.45) is 0.110. The van der Waals surface area contributed by atoms with Crippen LogP contribution in [0.3, 0.4) is 0 Å². The summed E-state index contributed by atoms with van der Waals surface area (Å²) in [5.41, 5.74) is 3.93.